The molecule has 1 aromatic heterocycles. The van der Waals surface area contributed by atoms with Gasteiger partial charge < -0.3 is 9.88 Å². The van der Waals surface area contributed by atoms with E-state index in [0.29, 0.717) is 0 Å². The van der Waals surface area contributed by atoms with E-state index in [1.165, 1.54) is 0 Å². The normalized spacial score (nSPS) is 10.8. The number of aromatic nitrogens is 2. The highest BCUT2D eigenvalue weighted by molar-refractivity contribution is 9.10. The van der Waals surface area contributed by atoms with Crippen LogP contribution < -0.4 is 5.32 Å². The molecule has 0 bridgehead atoms. The predicted molar refractivity (Wildman–Crippen MR) is 84.4 cm³/mol. The highest BCUT2D eigenvalue weighted by Crippen LogP contribution is 2.31. The molecule has 0 saturated carbocycles. The first-order valence-corrected chi connectivity index (χ1v) is 7.44. The summed E-state index contributed by atoms with van der Waals surface area (Å²) in [6, 6.07) is 3.92. The Morgan fingerprint density at radius 3 is 2.79 bits per heavy atom. The highest BCUT2D eigenvalue weighted by atomic mass is 79.9. The number of nitrogens with one attached hydrogen (secondary N) is 1. The standard InChI is InChI=1S/C14H17BrClN3/c1-4-5-19-8-10(3)17-14(19)18-13-7-12(16)9(2)6-11(13)15/h6-8H,4-5H2,1-3H3,(H,17,18). The van der Waals surface area contributed by atoms with Gasteiger partial charge in [-0.15, -0.1) is 0 Å². The molecule has 5 heteroatoms. The smallest absolute Gasteiger partial charge is 0.207 e. The number of rotatable bonds is 4. The number of benzene rings is 1. The fourth-order valence-electron chi connectivity index (χ4n) is 1.92. The number of anilines is 2. The van der Waals surface area contributed by atoms with Crippen LogP contribution in [0.5, 0.6) is 0 Å². The largest absolute Gasteiger partial charge is 0.325 e. The summed E-state index contributed by atoms with van der Waals surface area (Å²) in [4.78, 5) is 4.51. The molecule has 0 radical (unpaired) electrons. The zero-order valence-corrected chi connectivity index (χ0v) is 13.6. The number of halogens is 2. The van der Waals surface area contributed by atoms with E-state index in [1.54, 1.807) is 0 Å². The average molecular weight is 343 g/mol. The van der Waals surface area contributed by atoms with E-state index in [1.807, 2.05) is 26.0 Å². The first-order chi connectivity index (χ1) is 9.01. The van der Waals surface area contributed by atoms with Crippen molar-refractivity contribution < 1.29 is 0 Å². The first-order valence-electron chi connectivity index (χ1n) is 6.27. The number of hydrogen-bond donors (Lipinski definition) is 1. The summed E-state index contributed by atoms with van der Waals surface area (Å²) < 4.78 is 3.10. The summed E-state index contributed by atoms with van der Waals surface area (Å²) in [7, 11) is 0. The molecule has 2 rings (SSSR count). The maximum atomic E-state index is 6.17. The Morgan fingerprint density at radius 1 is 1.37 bits per heavy atom. The summed E-state index contributed by atoms with van der Waals surface area (Å²) in [6.07, 6.45) is 3.12. The third kappa shape index (κ3) is 3.31. The molecule has 0 atom stereocenters. The maximum absolute atomic E-state index is 6.17. The van der Waals surface area contributed by atoms with Gasteiger partial charge in [-0.05, 0) is 53.9 Å². The van der Waals surface area contributed by atoms with Crippen molar-refractivity contribution in [3.8, 4) is 0 Å². The van der Waals surface area contributed by atoms with E-state index in [4.69, 9.17) is 11.6 Å². The zero-order chi connectivity index (χ0) is 14.0. The molecule has 0 aliphatic heterocycles. The molecule has 1 aromatic carbocycles. The fourth-order valence-corrected chi connectivity index (χ4v) is 2.64. The molecule has 0 fully saturated rings. The zero-order valence-electron chi connectivity index (χ0n) is 11.3. The Labute approximate surface area is 127 Å². The minimum atomic E-state index is 0.746. The molecule has 1 N–H and O–H groups in total. The van der Waals surface area contributed by atoms with Crippen molar-refractivity contribution in [3.05, 3.63) is 39.1 Å². The van der Waals surface area contributed by atoms with Crippen molar-refractivity contribution in [2.75, 3.05) is 5.32 Å². The van der Waals surface area contributed by atoms with Crippen LogP contribution in [-0.2, 0) is 6.54 Å². The van der Waals surface area contributed by atoms with Crippen molar-refractivity contribution in [2.45, 2.75) is 33.7 Å². The van der Waals surface area contributed by atoms with Crippen LogP contribution in [0.25, 0.3) is 0 Å². The minimum absolute atomic E-state index is 0.746. The Hall–Kier alpha value is -1.000. The third-order valence-electron chi connectivity index (χ3n) is 2.86. The molecule has 1 heterocycles. The second-order valence-corrected chi connectivity index (χ2v) is 5.87. The summed E-state index contributed by atoms with van der Waals surface area (Å²) in [5.74, 6) is 0.847. The van der Waals surface area contributed by atoms with Gasteiger partial charge >= 0.3 is 0 Å². The lowest BCUT2D eigenvalue weighted by molar-refractivity contribution is 0.686. The molecule has 3 nitrogen and oxygen atoms in total. The molecule has 0 spiro atoms. The van der Waals surface area contributed by atoms with Crippen LogP contribution in [0.2, 0.25) is 5.02 Å². The van der Waals surface area contributed by atoms with Gasteiger partial charge in [0.05, 0.1) is 11.4 Å². The van der Waals surface area contributed by atoms with Gasteiger partial charge in [0.25, 0.3) is 0 Å². The van der Waals surface area contributed by atoms with Crippen molar-refractivity contribution in [2.24, 2.45) is 0 Å². The van der Waals surface area contributed by atoms with E-state index in [-0.39, 0.29) is 0 Å². The number of nitrogens with zero attached hydrogens (tertiary/aromatic N) is 2. The Balaban J connectivity index is 2.33. The lowest BCUT2D eigenvalue weighted by atomic mass is 10.2. The van der Waals surface area contributed by atoms with Crippen LogP contribution in [0.1, 0.15) is 24.6 Å². The van der Waals surface area contributed by atoms with Crippen LogP contribution in [0.3, 0.4) is 0 Å². The van der Waals surface area contributed by atoms with Gasteiger partial charge in [0.15, 0.2) is 0 Å². The number of hydrogen-bond acceptors (Lipinski definition) is 2. The molecule has 0 saturated heterocycles. The van der Waals surface area contributed by atoms with Crippen LogP contribution in [0, 0.1) is 13.8 Å². The van der Waals surface area contributed by atoms with Crippen LogP contribution in [0.15, 0.2) is 22.8 Å². The summed E-state index contributed by atoms with van der Waals surface area (Å²) in [6.45, 7) is 7.08. The predicted octanol–water partition coefficient (Wildman–Crippen LogP) is 5.07. The van der Waals surface area contributed by atoms with Gasteiger partial charge in [0.1, 0.15) is 0 Å². The third-order valence-corrected chi connectivity index (χ3v) is 3.92. The fraction of sp³-hybridized carbons (Fsp3) is 0.357. The van der Waals surface area contributed by atoms with Crippen LogP contribution in [-0.4, -0.2) is 9.55 Å². The quantitative estimate of drug-likeness (QED) is 0.840. The van der Waals surface area contributed by atoms with Gasteiger partial charge in [-0.2, -0.15) is 0 Å². The number of imidazole rings is 1. The monoisotopic (exact) mass is 341 g/mol. The van der Waals surface area contributed by atoms with Crippen molar-refractivity contribution in [1.29, 1.82) is 0 Å². The van der Waals surface area contributed by atoms with E-state index in [2.05, 4.69) is 43.9 Å². The Morgan fingerprint density at radius 2 is 2.11 bits per heavy atom. The minimum Gasteiger partial charge on any atom is -0.325 e. The van der Waals surface area contributed by atoms with Gasteiger partial charge in [-0.1, -0.05) is 18.5 Å². The topological polar surface area (TPSA) is 29.9 Å². The summed E-state index contributed by atoms with van der Waals surface area (Å²) >= 11 is 9.72. The van der Waals surface area contributed by atoms with E-state index >= 15 is 0 Å². The highest BCUT2D eigenvalue weighted by Gasteiger charge is 2.09. The summed E-state index contributed by atoms with van der Waals surface area (Å²) in [5.41, 5.74) is 2.98. The Kier molecular flexibility index (Phi) is 4.53. The molecular formula is C14H17BrClN3. The van der Waals surface area contributed by atoms with Crippen molar-refractivity contribution in [3.63, 3.8) is 0 Å². The molecule has 0 unspecified atom stereocenters. The van der Waals surface area contributed by atoms with E-state index in [0.717, 1.165) is 45.4 Å². The average Bonchev–Trinajstić information content (AvgIpc) is 2.67. The molecule has 0 aliphatic rings. The van der Waals surface area contributed by atoms with Crippen LogP contribution >= 0.6 is 27.5 Å². The van der Waals surface area contributed by atoms with Gasteiger partial charge in [-0.3, -0.25) is 0 Å². The van der Waals surface area contributed by atoms with Crippen molar-refractivity contribution >= 4 is 39.2 Å². The van der Waals surface area contributed by atoms with E-state index < -0.39 is 0 Å². The van der Waals surface area contributed by atoms with Crippen molar-refractivity contribution in [1.82, 2.24) is 9.55 Å². The van der Waals surface area contributed by atoms with Gasteiger partial charge in [0.2, 0.25) is 5.95 Å². The molecular weight excluding hydrogens is 326 g/mol. The molecule has 19 heavy (non-hydrogen) atoms. The number of aryl methyl sites for hydroxylation is 3. The second kappa shape index (κ2) is 5.97. The SMILES string of the molecule is CCCn1cc(C)nc1Nc1cc(Cl)c(C)cc1Br. The second-order valence-electron chi connectivity index (χ2n) is 4.61. The summed E-state index contributed by atoms with van der Waals surface area (Å²) in [5, 5.41) is 4.08. The Bertz CT molecular complexity index is 593. The molecule has 102 valence electrons. The van der Waals surface area contributed by atoms with Gasteiger partial charge in [0, 0.05) is 22.2 Å². The lowest BCUT2D eigenvalue weighted by Gasteiger charge is -2.11. The first kappa shape index (κ1) is 14.4. The van der Waals surface area contributed by atoms with Gasteiger partial charge in [-0.25, -0.2) is 4.98 Å². The van der Waals surface area contributed by atoms with Crippen LogP contribution in [0.4, 0.5) is 11.6 Å². The molecule has 2 aromatic rings. The molecule has 0 aliphatic carbocycles. The molecule has 0 amide bonds. The maximum Gasteiger partial charge on any atom is 0.207 e. The van der Waals surface area contributed by atoms with E-state index in [9.17, 15) is 0 Å². The lowest BCUT2D eigenvalue weighted by Crippen LogP contribution is -2.03.